The molecule has 1 aliphatic rings. The summed E-state index contributed by atoms with van der Waals surface area (Å²) >= 11 is 0. The van der Waals surface area contributed by atoms with E-state index in [-0.39, 0.29) is 12.4 Å². The fourth-order valence-corrected chi connectivity index (χ4v) is 3.92. The number of benzene rings is 3. The van der Waals surface area contributed by atoms with Crippen LogP contribution in [0, 0.1) is 0 Å². The SMILES string of the molecule is CCOc1cc2c(cc1C=Nn1c(-c3cc4ccccc4o3)nc3ccccc3c1=O)OCO2. The van der Waals surface area contributed by atoms with Gasteiger partial charge in [0.05, 0.1) is 23.7 Å². The van der Waals surface area contributed by atoms with Gasteiger partial charge in [-0.1, -0.05) is 30.3 Å². The normalized spacial score (nSPS) is 12.7. The second-order valence-electron chi connectivity index (χ2n) is 7.64. The number of para-hydroxylation sites is 2. The molecule has 6 rings (SSSR count). The van der Waals surface area contributed by atoms with Crippen molar-refractivity contribution in [1.29, 1.82) is 0 Å². The molecule has 0 saturated carbocycles. The van der Waals surface area contributed by atoms with Gasteiger partial charge >= 0.3 is 0 Å². The standard InChI is InChI=1S/C26H19N3O5/c1-2-31-21-13-23-22(32-15-33-23)12-17(21)14-27-29-25(24-11-16-7-3-6-10-20(16)34-24)28-19-9-5-4-8-18(19)26(29)30/h3-14H,2,15H2,1H3. The van der Waals surface area contributed by atoms with Crippen molar-refractivity contribution in [3.8, 4) is 28.8 Å². The molecule has 3 heterocycles. The van der Waals surface area contributed by atoms with E-state index in [4.69, 9.17) is 23.6 Å². The van der Waals surface area contributed by atoms with Crippen molar-refractivity contribution >= 4 is 28.1 Å². The minimum Gasteiger partial charge on any atom is -0.493 e. The molecule has 0 bridgehead atoms. The molecule has 1 aliphatic heterocycles. The van der Waals surface area contributed by atoms with Gasteiger partial charge in [-0.3, -0.25) is 4.79 Å². The van der Waals surface area contributed by atoms with E-state index in [2.05, 4.69) is 5.10 Å². The fourth-order valence-electron chi connectivity index (χ4n) is 3.92. The zero-order valence-electron chi connectivity index (χ0n) is 18.2. The van der Waals surface area contributed by atoms with E-state index >= 15 is 0 Å². The van der Waals surface area contributed by atoms with Crippen molar-refractivity contribution in [2.24, 2.45) is 5.10 Å². The van der Waals surface area contributed by atoms with Gasteiger partial charge in [-0.2, -0.15) is 9.78 Å². The molecular weight excluding hydrogens is 434 g/mol. The van der Waals surface area contributed by atoms with Crippen molar-refractivity contribution in [2.45, 2.75) is 6.92 Å². The number of furan rings is 1. The number of fused-ring (bicyclic) bond motifs is 3. The Hall–Kier alpha value is -4.59. The van der Waals surface area contributed by atoms with Gasteiger partial charge in [0.2, 0.25) is 12.6 Å². The van der Waals surface area contributed by atoms with Crippen LogP contribution in [0.1, 0.15) is 12.5 Å². The third kappa shape index (κ3) is 3.36. The molecule has 0 atom stereocenters. The monoisotopic (exact) mass is 453 g/mol. The highest BCUT2D eigenvalue weighted by molar-refractivity contribution is 5.87. The van der Waals surface area contributed by atoms with E-state index < -0.39 is 0 Å². The third-order valence-electron chi connectivity index (χ3n) is 5.52. The van der Waals surface area contributed by atoms with Crippen molar-refractivity contribution in [2.75, 3.05) is 13.4 Å². The van der Waals surface area contributed by atoms with Crippen LogP contribution < -0.4 is 19.8 Å². The molecule has 0 saturated heterocycles. The average molecular weight is 453 g/mol. The van der Waals surface area contributed by atoms with Gasteiger partial charge in [0.25, 0.3) is 5.56 Å². The summed E-state index contributed by atoms with van der Waals surface area (Å²) in [6.45, 7) is 2.50. The second-order valence-corrected chi connectivity index (χ2v) is 7.64. The molecule has 8 nitrogen and oxygen atoms in total. The second kappa shape index (κ2) is 8.08. The Bertz CT molecular complexity index is 1600. The number of hydrogen-bond acceptors (Lipinski definition) is 7. The zero-order valence-corrected chi connectivity index (χ0v) is 18.2. The number of hydrogen-bond donors (Lipinski definition) is 0. The van der Waals surface area contributed by atoms with Crippen molar-refractivity contribution in [1.82, 2.24) is 9.66 Å². The topological polar surface area (TPSA) is 88.1 Å². The summed E-state index contributed by atoms with van der Waals surface area (Å²) in [5, 5.41) is 5.88. The summed E-state index contributed by atoms with van der Waals surface area (Å²) in [6, 6.07) is 20.2. The summed E-state index contributed by atoms with van der Waals surface area (Å²) in [5.74, 6) is 2.51. The fraction of sp³-hybridized carbons (Fsp3) is 0.115. The first-order valence-corrected chi connectivity index (χ1v) is 10.8. The quantitative estimate of drug-likeness (QED) is 0.355. The first-order valence-electron chi connectivity index (χ1n) is 10.8. The Morgan fingerprint density at radius 1 is 1.06 bits per heavy atom. The number of nitrogens with zero attached hydrogens (tertiary/aromatic N) is 3. The lowest BCUT2D eigenvalue weighted by atomic mass is 10.2. The van der Waals surface area contributed by atoms with Crippen LogP contribution in [0.15, 0.2) is 81.0 Å². The van der Waals surface area contributed by atoms with Crippen LogP contribution >= 0.6 is 0 Å². The first kappa shape index (κ1) is 20.0. The van der Waals surface area contributed by atoms with Crippen LogP contribution in [-0.4, -0.2) is 29.3 Å². The largest absolute Gasteiger partial charge is 0.493 e. The molecule has 0 unspecified atom stereocenters. The van der Waals surface area contributed by atoms with Crippen LogP contribution in [0.2, 0.25) is 0 Å². The van der Waals surface area contributed by atoms with Crippen molar-refractivity contribution in [3.05, 3.63) is 82.6 Å². The summed E-state index contributed by atoms with van der Waals surface area (Å²) in [7, 11) is 0. The van der Waals surface area contributed by atoms with Gasteiger partial charge in [0.15, 0.2) is 17.3 Å². The van der Waals surface area contributed by atoms with Crippen LogP contribution in [0.3, 0.4) is 0 Å². The maximum Gasteiger partial charge on any atom is 0.282 e. The number of aromatic nitrogens is 2. The molecule has 5 aromatic rings. The van der Waals surface area contributed by atoms with Crippen LogP contribution in [0.5, 0.6) is 17.2 Å². The lowest BCUT2D eigenvalue weighted by Crippen LogP contribution is -2.20. The maximum atomic E-state index is 13.4. The Balaban J connectivity index is 1.54. The van der Waals surface area contributed by atoms with Crippen LogP contribution in [-0.2, 0) is 0 Å². The summed E-state index contributed by atoms with van der Waals surface area (Å²) in [5.41, 5.74) is 1.59. The molecule has 0 radical (unpaired) electrons. The van der Waals surface area contributed by atoms with E-state index in [9.17, 15) is 4.79 Å². The predicted octanol–water partition coefficient (Wildman–Crippen LogP) is 4.82. The van der Waals surface area contributed by atoms with Gasteiger partial charge < -0.3 is 18.6 Å². The smallest absolute Gasteiger partial charge is 0.282 e. The highest BCUT2D eigenvalue weighted by atomic mass is 16.7. The van der Waals surface area contributed by atoms with Crippen molar-refractivity contribution in [3.63, 3.8) is 0 Å². The lowest BCUT2D eigenvalue weighted by Gasteiger charge is -2.10. The maximum absolute atomic E-state index is 13.4. The highest BCUT2D eigenvalue weighted by Crippen LogP contribution is 2.37. The minimum atomic E-state index is -0.309. The van der Waals surface area contributed by atoms with Gasteiger partial charge in [-0.25, -0.2) is 4.98 Å². The average Bonchev–Trinajstić information content (AvgIpc) is 3.50. The van der Waals surface area contributed by atoms with Gasteiger partial charge in [0.1, 0.15) is 11.3 Å². The molecule has 8 heteroatoms. The molecule has 34 heavy (non-hydrogen) atoms. The summed E-state index contributed by atoms with van der Waals surface area (Å²) in [6.07, 6.45) is 1.55. The van der Waals surface area contributed by atoms with Gasteiger partial charge in [-0.15, -0.1) is 0 Å². The van der Waals surface area contributed by atoms with E-state index in [1.165, 1.54) is 4.68 Å². The number of rotatable bonds is 5. The Labute approximate surface area is 193 Å². The van der Waals surface area contributed by atoms with Crippen LogP contribution in [0.25, 0.3) is 33.5 Å². The first-order chi connectivity index (χ1) is 16.7. The molecule has 0 aliphatic carbocycles. The van der Waals surface area contributed by atoms with E-state index in [0.29, 0.717) is 57.5 Å². The third-order valence-corrected chi connectivity index (χ3v) is 5.52. The molecule has 0 amide bonds. The number of ether oxygens (including phenoxy) is 3. The predicted molar refractivity (Wildman–Crippen MR) is 128 cm³/mol. The molecule has 0 N–H and O–H groups in total. The molecule has 168 valence electrons. The Kier molecular flexibility index (Phi) is 4.76. The van der Waals surface area contributed by atoms with E-state index in [0.717, 1.165) is 5.39 Å². The minimum absolute atomic E-state index is 0.145. The molecule has 3 aromatic carbocycles. The molecule has 2 aromatic heterocycles. The van der Waals surface area contributed by atoms with E-state index in [1.807, 2.05) is 43.3 Å². The van der Waals surface area contributed by atoms with Gasteiger partial charge in [0, 0.05) is 17.0 Å². The van der Waals surface area contributed by atoms with Crippen molar-refractivity contribution < 1.29 is 18.6 Å². The highest BCUT2D eigenvalue weighted by Gasteiger charge is 2.19. The Morgan fingerprint density at radius 3 is 2.71 bits per heavy atom. The molecular formula is C26H19N3O5. The summed E-state index contributed by atoms with van der Waals surface area (Å²) in [4.78, 5) is 18.2. The van der Waals surface area contributed by atoms with Gasteiger partial charge in [-0.05, 0) is 37.3 Å². The lowest BCUT2D eigenvalue weighted by molar-refractivity contribution is 0.174. The molecule has 0 fully saturated rings. The summed E-state index contributed by atoms with van der Waals surface area (Å²) < 4.78 is 24.0. The Morgan fingerprint density at radius 2 is 1.85 bits per heavy atom. The van der Waals surface area contributed by atoms with E-state index in [1.54, 1.807) is 36.5 Å². The van der Waals surface area contributed by atoms with Crippen LogP contribution in [0.4, 0.5) is 0 Å². The zero-order chi connectivity index (χ0) is 23.1. The molecule has 0 spiro atoms.